The summed E-state index contributed by atoms with van der Waals surface area (Å²) < 4.78 is 8.96. The second-order valence-corrected chi connectivity index (χ2v) is 4.19. The van der Waals surface area contributed by atoms with Crippen LogP contribution in [0.25, 0.3) is 10.9 Å². The van der Waals surface area contributed by atoms with Crippen molar-refractivity contribution >= 4 is 33.4 Å². The van der Waals surface area contributed by atoms with E-state index in [9.17, 15) is 4.79 Å². The van der Waals surface area contributed by atoms with E-state index in [1.165, 1.54) is 18.6 Å². The molecule has 16 heavy (non-hydrogen) atoms. The Morgan fingerprint density at radius 3 is 3.00 bits per heavy atom. The lowest BCUT2D eigenvalue weighted by Gasteiger charge is -2.14. The Morgan fingerprint density at radius 1 is 1.50 bits per heavy atom. The van der Waals surface area contributed by atoms with Crippen molar-refractivity contribution in [3.63, 3.8) is 0 Å². The molecule has 1 aromatic heterocycles. The van der Waals surface area contributed by atoms with Gasteiger partial charge in [0.1, 0.15) is 11.5 Å². The minimum Gasteiger partial charge on any atom is -0.468 e. The average Bonchev–Trinajstić information content (AvgIpc) is 2.72. The number of fused-ring (bicyclic) bond motifs is 1. The number of methoxy groups -OCH3 is 1. The van der Waals surface area contributed by atoms with Gasteiger partial charge in [-0.2, -0.15) is 4.37 Å². The second kappa shape index (κ2) is 4.49. The van der Waals surface area contributed by atoms with E-state index >= 15 is 0 Å². The summed E-state index contributed by atoms with van der Waals surface area (Å²) in [6.45, 7) is 0.239. The Hall–Kier alpha value is -1.62. The molecular formula is C11H12N2O2S. The topological polar surface area (TPSA) is 42.4 Å². The number of esters is 1. The molecule has 0 aliphatic heterocycles. The third-order valence-corrected chi connectivity index (χ3v) is 3.30. The van der Waals surface area contributed by atoms with Crippen molar-refractivity contribution in [2.45, 2.75) is 0 Å². The van der Waals surface area contributed by atoms with Gasteiger partial charge in [0, 0.05) is 12.4 Å². The van der Waals surface area contributed by atoms with Gasteiger partial charge in [-0.1, -0.05) is 12.1 Å². The number of carbonyl (C=O) groups excluding carboxylic acids is 1. The zero-order chi connectivity index (χ0) is 11.5. The Labute approximate surface area is 97.6 Å². The lowest BCUT2D eigenvalue weighted by molar-refractivity contribution is -0.138. The van der Waals surface area contributed by atoms with Gasteiger partial charge in [-0.25, -0.2) is 0 Å². The van der Waals surface area contributed by atoms with Crippen LogP contribution in [-0.4, -0.2) is 31.0 Å². The highest BCUT2D eigenvalue weighted by Gasteiger charge is 2.12. The van der Waals surface area contributed by atoms with Crippen LogP contribution >= 0.6 is 11.5 Å². The van der Waals surface area contributed by atoms with Gasteiger partial charge in [0.15, 0.2) is 0 Å². The molecule has 0 saturated heterocycles. The minimum absolute atomic E-state index is 0.239. The standard InChI is InChI=1S/C11H12N2O2S/c1-13(7-10(14)15-2)11-8-5-3-4-6-9(8)12-16-11/h3-6H,7H2,1-2H3. The monoisotopic (exact) mass is 236 g/mol. The molecule has 2 rings (SSSR count). The number of nitrogens with zero attached hydrogens (tertiary/aromatic N) is 2. The maximum atomic E-state index is 11.2. The van der Waals surface area contributed by atoms with E-state index in [4.69, 9.17) is 0 Å². The largest absolute Gasteiger partial charge is 0.468 e. The molecule has 0 spiro atoms. The summed E-state index contributed by atoms with van der Waals surface area (Å²) >= 11 is 1.39. The predicted octanol–water partition coefficient (Wildman–Crippen LogP) is 1.91. The van der Waals surface area contributed by atoms with E-state index in [1.807, 2.05) is 36.2 Å². The molecular weight excluding hydrogens is 224 g/mol. The van der Waals surface area contributed by atoms with E-state index in [0.29, 0.717) is 0 Å². The number of rotatable bonds is 3. The minimum atomic E-state index is -0.250. The van der Waals surface area contributed by atoms with Crippen LogP contribution in [0, 0.1) is 0 Å². The second-order valence-electron chi connectivity index (χ2n) is 3.44. The molecule has 84 valence electrons. The smallest absolute Gasteiger partial charge is 0.325 e. The van der Waals surface area contributed by atoms with Crippen LogP contribution in [-0.2, 0) is 9.53 Å². The molecule has 0 amide bonds. The summed E-state index contributed by atoms with van der Waals surface area (Å²) in [6.07, 6.45) is 0. The van der Waals surface area contributed by atoms with E-state index in [-0.39, 0.29) is 12.5 Å². The summed E-state index contributed by atoms with van der Waals surface area (Å²) in [7, 11) is 3.25. The first kappa shape index (κ1) is 10.9. The molecule has 0 saturated carbocycles. The summed E-state index contributed by atoms with van der Waals surface area (Å²) in [6, 6.07) is 7.88. The first-order chi connectivity index (χ1) is 7.72. The summed E-state index contributed by atoms with van der Waals surface area (Å²) in [5, 5.41) is 2.06. The Bertz CT molecular complexity index is 509. The quantitative estimate of drug-likeness (QED) is 0.763. The van der Waals surface area contributed by atoms with Crippen molar-refractivity contribution in [1.82, 2.24) is 4.37 Å². The van der Waals surface area contributed by atoms with Crippen LogP contribution in [0.5, 0.6) is 0 Å². The molecule has 0 bridgehead atoms. The number of likely N-dealkylation sites (N-methyl/N-ethyl adjacent to an activating group) is 1. The average molecular weight is 236 g/mol. The lowest BCUT2D eigenvalue weighted by atomic mass is 10.2. The number of carbonyl (C=O) groups is 1. The van der Waals surface area contributed by atoms with Crippen LogP contribution in [0.1, 0.15) is 0 Å². The highest BCUT2D eigenvalue weighted by atomic mass is 32.1. The number of hydrogen-bond donors (Lipinski definition) is 0. The van der Waals surface area contributed by atoms with Gasteiger partial charge < -0.3 is 9.64 Å². The maximum Gasteiger partial charge on any atom is 0.325 e. The molecule has 0 aliphatic carbocycles. The van der Waals surface area contributed by atoms with Crippen LogP contribution in [0.4, 0.5) is 5.00 Å². The van der Waals surface area contributed by atoms with Crippen molar-refractivity contribution in [3.05, 3.63) is 24.3 Å². The predicted molar refractivity (Wildman–Crippen MR) is 64.9 cm³/mol. The van der Waals surface area contributed by atoms with E-state index in [1.54, 1.807) is 0 Å². The third kappa shape index (κ3) is 1.99. The fourth-order valence-electron chi connectivity index (χ4n) is 1.48. The Kier molecular flexibility index (Phi) is 3.05. The van der Waals surface area contributed by atoms with Crippen molar-refractivity contribution in [1.29, 1.82) is 0 Å². The zero-order valence-corrected chi connectivity index (χ0v) is 9.95. The highest BCUT2D eigenvalue weighted by Crippen LogP contribution is 2.29. The molecule has 0 unspecified atom stereocenters. The molecule has 1 aromatic carbocycles. The summed E-state index contributed by atoms with van der Waals surface area (Å²) in [5.41, 5.74) is 0.958. The molecule has 0 fully saturated rings. The van der Waals surface area contributed by atoms with Gasteiger partial charge in [-0.15, -0.1) is 0 Å². The fraction of sp³-hybridized carbons (Fsp3) is 0.273. The maximum absolute atomic E-state index is 11.2. The van der Waals surface area contributed by atoms with Gasteiger partial charge in [0.2, 0.25) is 0 Å². The Balaban J connectivity index is 2.29. The van der Waals surface area contributed by atoms with Crippen LogP contribution in [0.3, 0.4) is 0 Å². The van der Waals surface area contributed by atoms with Gasteiger partial charge in [0.05, 0.1) is 12.6 Å². The molecule has 5 heteroatoms. The lowest BCUT2D eigenvalue weighted by Crippen LogP contribution is -2.25. The molecule has 4 nitrogen and oxygen atoms in total. The van der Waals surface area contributed by atoms with Gasteiger partial charge in [-0.05, 0) is 23.7 Å². The zero-order valence-electron chi connectivity index (χ0n) is 9.14. The molecule has 0 atom stereocenters. The first-order valence-corrected chi connectivity index (χ1v) is 5.62. The van der Waals surface area contributed by atoms with Crippen molar-refractivity contribution < 1.29 is 9.53 Å². The highest BCUT2D eigenvalue weighted by molar-refractivity contribution is 7.11. The Morgan fingerprint density at radius 2 is 2.25 bits per heavy atom. The molecule has 0 N–H and O–H groups in total. The molecule has 1 heterocycles. The van der Waals surface area contributed by atoms with Crippen LogP contribution < -0.4 is 4.90 Å². The van der Waals surface area contributed by atoms with Gasteiger partial charge in [0.25, 0.3) is 0 Å². The number of benzene rings is 1. The van der Waals surface area contributed by atoms with E-state index in [0.717, 1.165) is 15.9 Å². The van der Waals surface area contributed by atoms with E-state index < -0.39 is 0 Å². The van der Waals surface area contributed by atoms with Crippen molar-refractivity contribution in [2.75, 3.05) is 25.6 Å². The molecule has 0 radical (unpaired) electrons. The fourth-order valence-corrected chi connectivity index (χ4v) is 2.30. The van der Waals surface area contributed by atoms with Gasteiger partial charge >= 0.3 is 5.97 Å². The van der Waals surface area contributed by atoms with Gasteiger partial charge in [-0.3, -0.25) is 4.79 Å². The van der Waals surface area contributed by atoms with E-state index in [2.05, 4.69) is 9.11 Å². The molecule has 0 aliphatic rings. The molecule has 2 aromatic rings. The summed E-state index contributed by atoms with van der Waals surface area (Å²) in [4.78, 5) is 13.0. The first-order valence-electron chi connectivity index (χ1n) is 4.84. The van der Waals surface area contributed by atoms with Crippen LogP contribution in [0.15, 0.2) is 24.3 Å². The number of hydrogen-bond acceptors (Lipinski definition) is 5. The normalized spacial score (nSPS) is 10.4. The number of anilines is 1. The number of aromatic nitrogens is 1. The number of ether oxygens (including phenoxy) is 1. The third-order valence-electron chi connectivity index (χ3n) is 2.31. The SMILES string of the molecule is COC(=O)CN(C)c1snc2ccccc12. The van der Waals surface area contributed by atoms with Crippen molar-refractivity contribution in [2.24, 2.45) is 0 Å². The summed E-state index contributed by atoms with van der Waals surface area (Å²) in [5.74, 6) is -0.250. The van der Waals surface area contributed by atoms with Crippen LogP contribution in [0.2, 0.25) is 0 Å². The van der Waals surface area contributed by atoms with Crippen molar-refractivity contribution in [3.8, 4) is 0 Å².